The molecule has 2 rings (SSSR count). The second kappa shape index (κ2) is 3.79. The number of hydrogen-bond acceptors (Lipinski definition) is 1. The zero-order valence-corrected chi connectivity index (χ0v) is 8.82. The molecule has 0 aliphatic heterocycles. The van der Waals surface area contributed by atoms with Gasteiger partial charge in [0, 0.05) is 17.7 Å². The van der Waals surface area contributed by atoms with Crippen LogP contribution in [0.25, 0.3) is 0 Å². The van der Waals surface area contributed by atoms with E-state index >= 15 is 0 Å². The number of anilines is 1. The van der Waals surface area contributed by atoms with Gasteiger partial charge in [-0.15, -0.1) is 0 Å². The Morgan fingerprint density at radius 2 is 1.93 bits per heavy atom. The minimum atomic E-state index is 0.0448. The first-order chi connectivity index (χ1) is 6.65. The molecule has 0 spiro atoms. The maximum absolute atomic E-state index is 11.4. The monoisotopic (exact) mass is 228 g/mol. The largest absolute Gasteiger partial charge is 0.326 e. The van der Waals surface area contributed by atoms with Crippen LogP contribution in [0, 0.1) is 12.0 Å². The van der Waals surface area contributed by atoms with Crippen LogP contribution in [0.5, 0.6) is 0 Å². The normalized spacial score (nSPS) is 15.3. The van der Waals surface area contributed by atoms with E-state index in [1.54, 1.807) is 12.1 Å². The Kier molecular flexibility index (Phi) is 2.66. The smallest absolute Gasteiger partial charge is 0.227 e. The van der Waals surface area contributed by atoms with Gasteiger partial charge in [0.25, 0.3) is 0 Å². The van der Waals surface area contributed by atoms with Gasteiger partial charge < -0.3 is 5.32 Å². The van der Waals surface area contributed by atoms with Crippen molar-refractivity contribution < 1.29 is 4.79 Å². The summed E-state index contributed by atoms with van der Waals surface area (Å²) in [6.07, 6.45) is 1.96. The highest BCUT2D eigenvalue weighted by atomic mass is 35.5. The van der Waals surface area contributed by atoms with Gasteiger partial charge in [-0.2, -0.15) is 0 Å². The second-order valence-electron chi connectivity index (χ2n) is 3.33. The molecule has 1 radical (unpaired) electrons. The van der Waals surface area contributed by atoms with Crippen LogP contribution in [-0.2, 0) is 4.79 Å². The second-order valence-corrected chi connectivity index (χ2v) is 4.14. The van der Waals surface area contributed by atoms with E-state index in [4.69, 9.17) is 23.2 Å². The standard InChI is InChI=1S/C10H8Cl2NO/c11-7-3-8(12)5-9(4-7)13-10(14)6-1-2-6/h4-6H,1-2H2,(H,13,14). The molecule has 1 fully saturated rings. The third-order valence-corrected chi connectivity index (χ3v) is 2.43. The Morgan fingerprint density at radius 1 is 1.36 bits per heavy atom. The quantitative estimate of drug-likeness (QED) is 0.829. The molecule has 1 aromatic rings. The summed E-state index contributed by atoms with van der Waals surface area (Å²) in [5, 5.41) is 3.57. The number of benzene rings is 1. The predicted molar refractivity (Wildman–Crippen MR) is 56.7 cm³/mol. The number of amides is 1. The fourth-order valence-corrected chi connectivity index (χ4v) is 1.65. The maximum atomic E-state index is 11.4. The van der Waals surface area contributed by atoms with E-state index in [-0.39, 0.29) is 11.8 Å². The van der Waals surface area contributed by atoms with Crippen LogP contribution in [0.3, 0.4) is 0 Å². The summed E-state index contributed by atoms with van der Waals surface area (Å²) >= 11 is 11.5. The predicted octanol–water partition coefficient (Wildman–Crippen LogP) is 3.14. The summed E-state index contributed by atoms with van der Waals surface area (Å²) < 4.78 is 0. The lowest BCUT2D eigenvalue weighted by molar-refractivity contribution is -0.117. The van der Waals surface area contributed by atoms with E-state index in [0.717, 1.165) is 12.8 Å². The van der Waals surface area contributed by atoms with Gasteiger partial charge in [-0.05, 0) is 25.0 Å². The van der Waals surface area contributed by atoms with Gasteiger partial charge in [0.2, 0.25) is 5.91 Å². The molecule has 0 aromatic heterocycles. The van der Waals surface area contributed by atoms with Crippen LogP contribution in [-0.4, -0.2) is 5.91 Å². The molecular formula is C10H8Cl2NO. The summed E-state index contributed by atoms with van der Waals surface area (Å²) in [5.41, 5.74) is 0.635. The van der Waals surface area contributed by atoms with Gasteiger partial charge in [-0.3, -0.25) is 4.79 Å². The molecule has 1 amide bonds. The molecule has 1 aromatic carbocycles. The van der Waals surface area contributed by atoms with Crippen molar-refractivity contribution in [1.29, 1.82) is 0 Å². The number of rotatable bonds is 2. The van der Waals surface area contributed by atoms with Crippen molar-refractivity contribution in [1.82, 2.24) is 0 Å². The summed E-state index contributed by atoms with van der Waals surface area (Å²) in [7, 11) is 0. The Morgan fingerprint density at radius 3 is 2.43 bits per heavy atom. The minimum absolute atomic E-state index is 0.0448. The topological polar surface area (TPSA) is 29.1 Å². The Hall–Kier alpha value is -0.730. The van der Waals surface area contributed by atoms with Crippen molar-refractivity contribution in [2.75, 3.05) is 5.32 Å². The van der Waals surface area contributed by atoms with E-state index in [1.807, 2.05) is 0 Å². The molecule has 2 nitrogen and oxygen atoms in total. The molecule has 0 bridgehead atoms. The highest BCUT2D eigenvalue weighted by Gasteiger charge is 2.29. The molecule has 0 saturated heterocycles. The summed E-state index contributed by atoms with van der Waals surface area (Å²) in [6.45, 7) is 0. The summed E-state index contributed by atoms with van der Waals surface area (Å²) in [4.78, 5) is 11.4. The summed E-state index contributed by atoms with van der Waals surface area (Å²) in [5.74, 6) is 0.222. The molecule has 0 heterocycles. The zero-order chi connectivity index (χ0) is 10.1. The zero-order valence-electron chi connectivity index (χ0n) is 7.31. The molecule has 1 N–H and O–H groups in total. The van der Waals surface area contributed by atoms with Crippen molar-refractivity contribution >= 4 is 34.8 Å². The van der Waals surface area contributed by atoms with Gasteiger partial charge in [-0.25, -0.2) is 0 Å². The Balaban J connectivity index is 2.11. The number of nitrogens with one attached hydrogen (secondary N) is 1. The average Bonchev–Trinajstić information content (AvgIpc) is 2.82. The molecule has 1 aliphatic carbocycles. The highest BCUT2D eigenvalue weighted by Crippen LogP contribution is 2.31. The molecule has 1 saturated carbocycles. The van der Waals surface area contributed by atoms with Crippen LogP contribution in [0.15, 0.2) is 12.1 Å². The molecule has 14 heavy (non-hydrogen) atoms. The number of carbonyl (C=O) groups excluding carboxylic acids is 1. The van der Waals surface area contributed by atoms with Crippen LogP contribution in [0.4, 0.5) is 5.69 Å². The number of hydrogen-bond donors (Lipinski definition) is 1. The van der Waals surface area contributed by atoms with Gasteiger partial charge in [0.05, 0.1) is 10.0 Å². The van der Waals surface area contributed by atoms with Gasteiger partial charge in [0.1, 0.15) is 0 Å². The van der Waals surface area contributed by atoms with Gasteiger partial charge in [0.15, 0.2) is 0 Å². The molecule has 73 valence electrons. The van der Waals surface area contributed by atoms with Gasteiger partial charge in [-0.1, -0.05) is 23.2 Å². The lowest BCUT2D eigenvalue weighted by atomic mass is 10.3. The van der Waals surface area contributed by atoms with Crippen LogP contribution >= 0.6 is 23.2 Å². The fraction of sp³-hybridized carbons (Fsp3) is 0.300. The van der Waals surface area contributed by atoms with E-state index < -0.39 is 0 Å². The van der Waals surface area contributed by atoms with Crippen molar-refractivity contribution in [3.63, 3.8) is 0 Å². The van der Waals surface area contributed by atoms with Crippen LogP contribution in [0.2, 0.25) is 10.0 Å². The SMILES string of the molecule is O=C(Nc1cc(Cl)[c]c(Cl)c1)C1CC1. The maximum Gasteiger partial charge on any atom is 0.227 e. The van der Waals surface area contributed by atoms with E-state index in [9.17, 15) is 4.79 Å². The first-order valence-electron chi connectivity index (χ1n) is 4.34. The van der Waals surface area contributed by atoms with Crippen molar-refractivity contribution in [3.8, 4) is 0 Å². The Bertz CT molecular complexity index is 354. The average molecular weight is 229 g/mol. The van der Waals surface area contributed by atoms with Crippen molar-refractivity contribution in [3.05, 3.63) is 28.2 Å². The van der Waals surface area contributed by atoms with Crippen molar-refractivity contribution in [2.45, 2.75) is 12.8 Å². The lowest BCUT2D eigenvalue weighted by Crippen LogP contribution is -2.13. The third-order valence-electron chi connectivity index (χ3n) is 2.02. The number of halogens is 2. The van der Waals surface area contributed by atoms with Crippen LogP contribution in [0.1, 0.15) is 12.8 Å². The van der Waals surface area contributed by atoms with Crippen LogP contribution < -0.4 is 5.32 Å². The van der Waals surface area contributed by atoms with E-state index in [2.05, 4.69) is 11.4 Å². The molecule has 1 aliphatic rings. The van der Waals surface area contributed by atoms with E-state index in [1.165, 1.54) is 0 Å². The van der Waals surface area contributed by atoms with E-state index in [0.29, 0.717) is 15.7 Å². The molecule has 4 heteroatoms. The Labute approximate surface area is 92.2 Å². The lowest BCUT2D eigenvalue weighted by Gasteiger charge is -2.04. The summed E-state index contributed by atoms with van der Waals surface area (Å²) in [6, 6.07) is 5.97. The first-order valence-corrected chi connectivity index (χ1v) is 5.10. The molecule has 0 atom stereocenters. The first kappa shape index (κ1) is 9.81. The van der Waals surface area contributed by atoms with Crippen molar-refractivity contribution in [2.24, 2.45) is 5.92 Å². The minimum Gasteiger partial charge on any atom is -0.326 e. The van der Waals surface area contributed by atoms with Gasteiger partial charge >= 0.3 is 0 Å². The highest BCUT2D eigenvalue weighted by molar-refractivity contribution is 6.34. The molecule has 0 unspecified atom stereocenters. The molecular weight excluding hydrogens is 221 g/mol. The number of carbonyl (C=O) groups is 1. The third kappa shape index (κ3) is 2.40. The fourth-order valence-electron chi connectivity index (χ4n) is 1.16.